The second-order valence-corrected chi connectivity index (χ2v) is 5.52. The molecule has 3 nitrogen and oxygen atoms in total. The van der Waals surface area contributed by atoms with Gasteiger partial charge in [-0.1, -0.05) is 41.9 Å². The number of alkyl halides is 1. The zero-order valence-electron chi connectivity index (χ0n) is 10.8. The van der Waals surface area contributed by atoms with Crippen molar-refractivity contribution in [1.29, 1.82) is 0 Å². The largest absolute Gasteiger partial charge is 0.272 e. The van der Waals surface area contributed by atoms with E-state index in [1.807, 2.05) is 25.1 Å². The zero-order valence-corrected chi connectivity index (χ0v) is 12.4. The van der Waals surface area contributed by atoms with Gasteiger partial charge in [0.15, 0.2) is 0 Å². The molecule has 0 heterocycles. The maximum atomic E-state index is 11.0. The van der Waals surface area contributed by atoms with E-state index >= 15 is 0 Å². The van der Waals surface area contributed by atoms with Crippen molar-refractivity contribution in [3.8, 4) is 0 Å². The van der Waals surface area contributed by atoms with Gasteiger partial charge in [0.1, 0.15) is 0 Å². The highest BCUT2D eigenvalue weighted by molar-refractivity contribution is 6.32. The van der Waals surface area contributed by atoms with Crippen molar-refractivity contribution in [2.24, 2.45) is 0 Å². The van der Waals surface area contributed by atoms with Gasteiger partial charge in [0.2, 0.25) is 0 Å². The summed E-state index contributed by atoms with van der Waals surface area (Å²) in [6, 6.07) is 12.2. The predicted octanol–water partition coefficient (Wildman–Crippen LogP) is 5.08. The molecule has 20 heavy (non-hydrogen) atoms. The smallest absolute Gasteiger partial charge is 0.258 e. The molecule has 0 bridgehead atoms. The highest BCUT2D eigenvalue weighted by Crippen LogP contribution is 2.33. The molecule has 5 heteroatoms. The van der Waals surface area contributed by atoms with E-state index in [9.17, 15) is 10.1 Å². The molecule has 0 saturated carbocycles. The lowest BCUT2D eigenvalue weighted by molar-refractivity contribution is -0.385. The molecule has 0 spiro atoms. The monoisotopic (exact) mass is 309 g/mol. The average molecular weight is 310 g/mol. The van der Waals surface area contributed by atoms with Crippen molar-refractivity contribution < 1.29 is 4.92 Å². The SMILES string of the molecule is Cc1ccc(C(Cl)Cc2ccccc2[N+](=O)[O-])c(Cl)c1. The van der Waals surface area contributed by atoms with Gasteiger partial charge in [-0.15, -0.1) is 11.6 Å². The average Bonchev–Trinajstić information content (AvgIpc) is 2.38. The van der Waals surface area contributed by atoms with Crippen molar-refractivity contribution >= 4 is 28.9 Å². The first kappa shape index (κ1) is 14.8. The molecule has 104 valence electrons. The van der Waals surface area contributed by atoms with Crippen LogP contribution in [0, 0.1) is 17.0 Å². The van der Waals surface area contributed by atoms with Crippen LogP contribution in [0.5, 0.6) is 0 Å². The molecular formula is C15H13Cl2NO2. The quantitative estimate of drug-likeness (QED) is 0.449. The fraction of sp³-hybridized carbons (Fsp3) is 0.200. The van der Waals surface area contributed by atoms with E-state index in [2.05, 4.69) is 0 Å². The summed E-state index contributed by atoms with van der Waals surface area (Å²) >= 11 is 12.5. The highest BCUT2D eigenvalue weighted by atomic mass is 35.5. The van der Waals surface area contributed by atoms with Gasteiger partial charge in [0.25, 0.3) is 5.69 Å². The molecule has 0 fully saturated rings. The molecule has 0 amide bonds. The molecule has 2 rings (SSSR count). The minimum absolute atomic E-state index is 0.0846. The lowest BCUT2D eigenvalue weighted by Crippen LogP contribution is -2.01. The Balaban J connectivity index is 2.28. The Morgan fingerprint density at radius 2 is 1.95 bits per heavy atom. The van der Waals surface area contributed by atoms with Crippen LogP contribution in [0.2, 0.25) is 5.02 Å². The van der Waals surface area contributed by atoms with Crippen LogP contribution >= 0.6 is 23.2 Å². The molecule has 0 aliphatic heterocycles. The normalized spacial score (nSPS) is 12.2. The molecule has 1 atom stereocenters. The summed E-state index contributed by atoms with van der Waals surface area (Å²) in [4.78, 5) is 10.6. The van der Waals surface area contributed by atoms with Crippen LogP contribution in [0.3, 0.4) is 0 Å². The molecule has 0 saturated heterocycles. The Morgan fingerprint density at radius 3 is 2.60 bits per heavy atom. The van der Waals surface area contributed by atoms with E-state index in [0.717, 1.165) is 11.1 Å². The third-order valence-corrected chi connectivity index (χ3v) is 3.80. The Labute approximate surface area is 127 Å². The molecule has 0 aliphatic rings. The third-order valence-electron chi connectivity index (χ3n) is 3.08. The summed E-state index contributed by atoms with van der Waals surface area (Å²) in [5.41, 5.74) is 2.53. The first-order chi connectivity index (χ1) is 9.49. The maximum absolute atomic E-state index is 11.0. The third kappa shape index (κ3) is 3.30. The lowest BCUT2D eigenvalue weighted by Gasteiger charge is -2.12. The Hall–Kier alpha value is -1.58. The van der Waals surface area contributed by atoms with E-state index in [0.29, 0.717) is 17.0 Å². The summed E-state index contributed by atoms with van der Waals surface area (Å²) < 4.78 is 0. The Bertz CT molecular complexity index is 644. The van der Waals surface area contributed by atoms with Gasteiger partial charge in [0, 0.05) is 16.7 Å². The standard InChI is InChI=1S/C15H13Cl2NO2/c1-10-6-7-12(13(16)8-10)14(17)9-11-4-2-3-5-15(11)18(19)20/h2-8,14H,9H2,1H3. The number of nitro benzene ring substituents is 1. The van der Waals surface area contributed by atoms with Crippen LogP contribution in [-0.4, -0.2) is 4.92 Å². The summed E-state index contributed by atoms with van der Waals surface area (Å²) in [6.07, 6.45) is 0.363. The number of rotatable bonds is 4. The second-order valence-electron chi connectivity index (χ2n) is 4.58. The summed E-state index contributed by atoms with van der Waals surface area (Å²) in [6.45, 7) is 1.95. The van der Waals surface area contributed by atoms with Crippen LogP contribution in [0.15, 0.2) is 42.5 Å². The molecule has 1 unspecified atom stereocenters. The zero-order chi connectivity index (χ0) is 14.7. The van der Waals surface area contributed by atoms with Crippen LogP contribution in [-0.2, 0) is 6.42 Å². The topological polar surface area (TPSA) is 43.1 Å². The van der Waals surface area contributed by atoms with E-state index < -0.39 is 10.3 Å². The molecule has 0 aromatic heterocycles. The predicted molar refractivity (Wildman–Crippen MR) is 81.6 cm³/mol. The first-order valence-electron chi connectivity index (χ1n) is 6.11. The number of nitrogens with zero attached hydrogens (tertiary/aromatic N) is 1. The number of aryl methyl sites for hydroxylation is 1. The molecule has 0 aliphatic carbocycles. The van der Waals surface area contributed by atoms with Crippen LogP contribution in [0.1, 0.15) is 22.1 Å². The minimum atomic E-state index is -0.399. The van der Waals surface area contributed by atoms with Crippen molar-refractivity contribution in [3.05, 3.63) is 74.3 Å². The van der Waals surface area contributed by atoms with Gasteiger partial charge in [-0.3, -0.25) is 10.1 Å². The van der Waals surface area contributed by atoms with Gasteiger partial charge in [-0.2, -0.15) is 0 Å². The summed E-state index contributed by atoms with van der Waals surface area (Å²) in [5, 5.41) is 11.2. The highest BCUT2D eigenvalue weighted by Gasteiger charge is 2.18. The maximum Gasteiger partial charge on any atom is 0.272 e. The fourth-order valence-corrected chi connectivity index (χ4v) is 2.83. The second kappa shape index (κ2) is 6.25. The molecule has 2 aromatic carbocycles. The lowest BCUT2D eigenvalue weighted by atomic mass is 10.0. The number of nitro groups is 1. The Morgan fingerprint density at radius 1 is 1.25 bits per heavy atom. The van der Waals surface area contributed by atoms with Crippen molar-refractivity contribution in [1.82, 2.24) is 0 Å². The minimum Gasteiger partial charge on any atom is -0.258 e. The van der Waals surface area contributed by atoms with Crippen LogP contribution in [0.25, 0.3) is 0 Å². The molecular weight excluding hydrogens is 297 g/mol. The number of halogens is 2. The van der Waals surface area contributed by atoms with Gasteiger partial charge in [0.05, 0.1) is 10.3 Å². The van der Waals surface area contributed by atoms with Crippen LogP contribution in [0.4, 0.5) is 5.69 Å². The van der Waals surface area contributed by atoms with Crippen molar-refractivity contribution in [2.75, 3.05) is 0 Å². The van der Waals surface area contributed by atoms with Crippen LogP contribution < -0.4 is 0 Å². The summed E-state index contributed by atoms with van der Waals surface area (Å²) in [5.74, 6) is 0. The van der Waals surface area contributed by atoms with Gasteiger partial charge < -0.3 is 0 Å². The number of benzene rings is 2. The number of hydrogen-bond acceptors (Lipinski definition) is 2. The first-order valence-corrected chi connectivity index (χ1v) is 6.93. The molecule has 0 radical (unpaired) electrons. The van der Waals surface area contributed by atoms with E-state index in [-0.39, 0.29) is 5.69 Å². The van der Waals surface area contributed by atoms with E-state index in [1.165, 1.54) is 6.07 Å². The summed E-state index contributed by atoms with van der Waals surface area (Å²) in [7, 11) is 0. The molecule has 0 N–H and O–H groups in total. The van der Waals surface area contributed by atoms with Gasteiger partial charge >= 0.3 is 0 Å². The molecule has 2 aromatic rings. The van der Waals surface area contributed by atoms with Crippen molar-refractivity contribution in [3.63, 3.8) is 0 Å². The van der Waals surface area contributed by atoms with E-state index in [1.54, 1.807) is 18.2 Å². The Kier molecular flexibility index (Phi) is 4.63. The fourth-order valence-electron chi connectivity index (χ4n) is 2.05. The van der Waals surface area contributed by atoms with Gasteiger partial charge in [-0.05, 0) is 30.5 Å². The van der Waals surface area contributed by atoms with Gasteiger partial charge in [-0.25, -0.2) is 0 Å². The van der Waals surface area contributed by atoms with Crippen molar-refractivity contribution in [2.45, 2.75) is 18.7 Å². The van der Waals surface area contributed by atoms with E-state index in [4.69, 9.17) is 23.2 Å². The number of para-hydroxylation sites is 1. The number of hydrogen-bond donors (Lipinski definition) is 0.